The van der Waals surface area contributed by atoms with Crippen molar-refractivity contribution in [1.82, 2.24) is 10.2 Å². The molecule has 19 heavy (non-hydrogen) atoms. The van der Waals surface area contributed by atoms with Crippen LogP contribution in [0.3, 0.4) is 0 Å². The first-order chi connectivity index (χ1) is 9.11. The maximum absolute atomic E-state index is 13.5. The Labute approximate surface area is 111 Å². The fraction of sp³-hybridized carbons (Fsp3) is 0.500. The first-order valence-corrected chi connectivity index (χ1v) is 6.49. The molecule has 0 bridgehead atoms. The Morgan fingerprint density at radius 2 is 2.26 bits per heavy atom. The fourth-order valence-corrected chi connectivity index (χ4v) is 2.40. The number of carbonyl (C=O) groups is 1. The standard InChI is InChI=1S/C14H18F2N2O/c1-17-11-5-3-7-18(9-11)13(19)8-10-4-2-6-12(15)14(10)16/h2,4,6,11,17H,3,5,7-9H2,1H3. The third kappa shape index (κ3) is 3.29. The van der Waals surface area contributed by atoms with E-state index in [0.29, 0.717) is 13.1 Å². The molecule has 1 N–H and O–H groups in total. The molecule has 5 heteroatoms. The SMILES string of the molecule is CNC1CCCN(C(=O)Cc2cccc(F)c2F)C1. The van der Waals surface area contributed by atoms with E-state index in [1.807, 2.05) is 7.05 Å². The lowest BCUT2D eigenvalue weighted by Crippen LogP contribution is -2.47. The van der Waals surface area contributed by atoms with E-state index in [0.717, 1.165) is 18.9 Å². The van der Waals surface area contributed by atoms with Gasteiger partial charge in [0.15, 0.2) is 11.6 Å². The van der Waals surface area contributed by atoms with Crippen molar-refractivity contribution in [2.45, 2.75) is 25.3 Å². The number of hydrogen-bond donors (Lipinski definition) is 1. The molecule has 0 saturated carbocycles. The molecule has 1 saturated heterocycles. The molecule has 1 fully saturated rings. The second-order valence-corrected chi connectivity index (χ2v) is 4.86. The second kappa shape index (κ2) is 6.10. The highest BCUT2D eigenvalue weighted by molar-refractivity contribution is 5.79. The van der Waals surface area contributed by atoms with Gasteiger partial charge in [0, 0.05) is 24.7 Å². The zero-order chi connectivity index (χ0) is 13.8. The number of benzene rings is 1. The van der Waals surface area contributed by atoms with E-state index >= 15 is 0 Å². The van der Waals surface area contributed by atoms with Gasteiger partial charge in [-0.2, -0.15) is 0 Å². The van der Waals surface area contributed by atoms with Crippen molar-refractivity contribution in [1.29, 1.82) is 0 Å². The number of likely N-dealkylation sites (tertiary alicyclic amines) is 1. The van der Waals surface area contributed by atoms with Gasteiger partial charge in [0.1, 0.15) is 0 Å². The van der Waals surface area contributed by atoms with Crippen LogP contribution in [-0.2, 0) is 11.2 Å². The van der Waals surface area contributed by atoms with Gasteiger partial charge in [0.2, 0.25) is 5.91 Å². The van der Waals surface area contributed by atoms with Crippen molar-refractivity contribution >= 4 is 5.91 Å². The minimum Gasteiger partial charge on any atom is -0.341 e. The van der Waals surface area contributed by atoms with Crippen molar-refractivity contribution < 1.29 is 13.6 Å². The normalized spacial score (nSPS) is 19.5. The number of halogens is 2. The van der Waals surface area contributed by atoms with E-state index in [1.54, 1.807) is 4.90 Å². The Morgan fingerprint density at radius 3 is 3.00 bits per heavy atom. The number of nitrogens with zero attached hydrogens (tertiary/aromatic N) is 1. The first-order valence-electron chi connectivity index (χ1n) is 6.49. The quantitative estimate of drug-likeness (QED) is 0.905. The number of nitrogens with one attached hydrogen (secondary N) is 1. The average molecular weight is 268 g/mol. The summed E-state index contributed by atoms with van der Waals surface area (Å²) in [5.41, 5.74) is 0.122. The van der Waals surface area contributed by atoms with Crippen LogP contribution in [0.5, 0.6) is 0 Å². The molecule has 1 unspecified atom stereocenters. The summed E-state index contributed by atoms with van der Waals surface area (Å²) in [5, 5.41) is 3.15. The van der Waals surface area contributed by atoms with Gasteiger partial charge in [0.05, 0.1) is 6.42 Å². The Balaban J connectivity index is 2.02. The van der Waals surface area contributed by atoms with E-state index in [1.165, 1.54) is 12.1 Å². The molecule has 1 aliphatic heterocycles. The van der Waals surface area contributed by atoms with E-state index in [2.05, 4.69) is 5.32 Å². The van der Waals surface area contributed by atoms with Gasteiger partial charge >= 0.3 is 0 Å². The van der Waals surface area contributed by atoms with Gasteiger partial charge in [-0.1, -0.05) is 12.1 Å². The van der Waals surface area contributed by atoms with Crippen LogP contribution in [0.2, 0.25) is 0 Å². The molecular formula is C14H18F2N2O. The van der Waals surface area contributed by atoms with Crippen LogP contribution < -0.4 is 5.32 Å². The number of amides is 1. The van der Waals surface area contributed by atoms with Crippen molar-refractivity contribution in [3.63, 3.8) is 0 Å². The predicted molar refractivity (Wildman–Crippen MR) is 68.7 cm³/mol. The summed E-state index contributed by atoms with van der Waals surface area (Å²) in [5.74, 6) is -1.97. The highest BCUT2D eigenvalue weighted by atomic mass is 19.2. The van der Waals surface area contributed by atoms with E-state index in [4.69, 9.17) is 0 Å². The van der Waals surface area contributed by atoms with E-state index < -0.39 is 11.6 Å². The van der Waals surface area contributed by atoms with Gasteiger partial charge < -0.3 is 10.2 Å². The van der Waals surface area contributed by atoms with Crippen LogP contribution in [0.15, 0.2) is 18.2 Å². The third-order valence-electron chi connectivity index (χ3n) is 3.56. The maximum atomic E-state index is 13.5. The molecule has 1 aromatic carbocycles. The van der Waals surface area contributed by atoms with Crippen LogP contribution in [0, 0.1) is 11.6 Å². The maximum Gasteiger partial charge on any atom is 0.227 e. The van der Waals surface area contributed by atoms with Gasteiger partial charge in [-0.05, 0) is 26.0 Å². The molecule has 0 radical (unpaired) electrons. The monoisotopic (exact) mass is 268 g/mol. The zero-order valence-electron chi connectivity index (χ0n) is 11.0. The van der Waals surface area contributed by atoms with Gasteiger partial charge in [-0.25, -0.2) is 8.78 Å². The summed E-state index contributed by atoms with van der Waals surface area (Å²) >= 11 is 0. The topological polar surface area (TPSA) is 32.3 Å². The number of hydrogen-bond acceptors (Lipinski definition) is 2. The number of piperidine rings is 1. The Bertz CT molecular complexity index is 465. The molecule has 1 heterocycles. The molecule has 1 amide bonds. The second-order valence-electron chi connectivity index (χ2n) is 4.86. The van der Waals surface area contributed by atoms with Crippen LogP contribution in [0.4, 0.5) is 8.78 Å². The molecule has 1 atom stereocenters. The molecule has 0 aromatic heterocycles. The highest BCUT2D eigenvalue weighted by Gasteiger charge is 2.23. The zero-order valence-corrected chi connectivity index (χ0v) is 11.0. The molecule has 1 aliphatic rings. The first kappa shape index (κ1) is 13.9. The lowest BCUT2D eigenvalue weighted by atomic mass is 10.0. The van der Waals surface area contributed by atoms with Gasteiger partial charge in [-0.3, -0.25) is 4.79 Å². The lowest BCUT2D eigenvalue weighted by molar-refractivity contribution is -0.131. The van der Waals surface area contributed by atoms with Crippen LogP contribution >= 0.6 is 0 Å². The predicted octanol–water partition coefficient (Wildman–Crippen LogP) is 1.72. The highest BCUT2D eigenvalue weighted by Crippen LogP contribution is 2.15. The van der Waals surface area contributed by atoms with Crippen LogP contribution in [0.1, 0.15) is 18.4 Å². The summed E-state index contributed by atoms with van der Waals surface area (Å²) in [6.07, 6.45) is 1.89. The largest absolute Gasteiger partial charge is 0.341 e. The molecule has 2 rings (SSSR count). The Morgan fingerprint density at radius 1 is 1.47 bits per heavy atom. The van der Waals surface area contributed by atoms with Crippen LogP contribution in [0.25, 0.3) is 0 Å². The third-order valence-corrected chi connectivity index (χ3v) is 3.56. The number of likely N-dealkylation sites (N-methyl/N-ethyl adjacent to an activating group) is 1. The van der Waals surface area contributed by atoms with Crippen molar-refractivity contribution in [3.05, 3.63) is 35.4 Å². The van der Waals surface area contributed by atoms with Gasteiger partial charge in [-0.15, -0.1) is 0 Å². The molecule has 0 spiro atoms. The summed E-state index contributed by atoms with van der Waals surface area (Å²) in [6, 6.07) is 4.22. The van der Waals surface area contributed by atoms with Crippen molar-refractivity contribution in [3.8, 4) is 0 Å². The molecule has 3 nitrogen and oxygen atoms in total. The lowest BCUT2D eigenvalue weighted by Gasteiger charge is -2.32. The minimum absolute atomic E-state index is 0.0833. The number of carbonyl (C=O) groups excluding carboxylic acids is 1. The van der Waals surface area contributed by atoms with Crippen LogP contribution in [-0.4, -0.2) is 37.0 Å². The molecule has 1 aromatic rings. The summed E-state index contributed by atoms with van der Waals surface area (Å²) in [6.45, 7) is 1.32. The molecule has 104 valence electrons. The molecule has 0 aliphatic carbocycles. The smallest absolute Gasteiger partial charge is 0.227 e. The number of rotatable bonds is 3. The fourth-order valence-electron chi connectivity index (χ4n) is 2.40. The molecular weight excluding hydrogens is 250 g/mol. The van der Waals surface area contributed by atoms with Crippen molar-refractivity contribution in [2.75, 3.05) is 20.1 Å². The summed E-state index contributed by atoms with van der Waals surface area (Å²) in [4.78, 5) is 13.8. The average Bonchev–Trinajstić information content (AvgIpc) is 2.44. The van der Waals surface area contributed by atoms with E-state index in [-0.39, 0.29) is 23.9 Å². The Kier molecular flexibility index (Phi) is 4.47. The minimum atomic E-state index is -0.918. The Hall–Kier alpha value is -1.49. The van der Waals surface area contributed by atoms with E-state index in [9.17, 15) is 13.6 Å². The van der Waals surface area contributed by atoms with Crippen molar-refractivity contribution in [2.24, 2.45) is 0 Å². The summed E-state index contributed by atoms with van der Waals surface area (Å²) in [7, 11) is 1.87. The summed E-state index contributed by atoms with van der Waals surface area (Å²) < 4.78 is 26.6. The van der Waals surface area contributed by atoms with Gasteiger partial charge in [0.25, 0.3) is 0 Å².